The van der Waals surface area contributed by atoms with Gasteiger partial charge in [0.2, 0.25) is 0 Å². The first-order valence-electron chi connectivity index (χ1n) is 10.2. The van der Waals surface area contributed by atoms with Gasteiger partial charge in [0.25, 0.3) is 0 Å². The Morgan fingerprint density at radius 1 is 1.03 bits per heavy atom. The van der Waals surface area contributed by atoms with Crippen molar-refractivity contribution in [3.05, 3.63) is 115 Å². The molecule has 0 spiro atoms. The number of allylic oxidation sites excluding steroid dienone is 4. The molecule has 3 heteroatoms. The number of hydrogen-bond acceptors (Lipinski definition) is 1. The van der Waals surface area contributed by atoms with Crippen LogP contribution in [0.1, 0.15) is 25.0 Å². The Bertz CT molecular complexity index is 1120. The first-order chi connectivity index (χ1) is 14.5. The number of thioether (sulfide) groups is 1. The van der Waals surface area contributed by atoms with E-state index in [4.69, 9.17) is 0 Å². The molecule has 0 aromatic heterocycles. The molecule has 0 unspecified atom stereocenters. The Morgan fingerprint density at radius 3 is 2.34 bits per heavy atom. The number of hydrogen-bond donors (Lipinski definition) is 0. The van der Waals surface area contributed by atoms with Gasteiger partial charge >= 0.3 is 30.2 Å². The van der Waals surface area contributed by atoms with Crippen LogP contribution in [-0.2, 0) is 23.3 Å². The molecule has 166 valence electrons. The van der Waals surface area contributed by atoms with E-state index in [9.17, 15) is 0 Å². The van der Waals surface area contributed by atoms with Crippen molar-refractivity contribution in [2.75, 3.05) is 5.75 Å². The van der Waals surface area contributed by atoms with E-state index in [1.54, 1.807) is 0 Å². The average Bonchev–Trinajstić information content (AvgIpc) is 3.45. The molecule has 5 rings (SSSR count). The molecule has 2 radical (unpaired) electrons. The van der Waals surface area contributed by atoms with Gasteiger partial charge in [-0.05, 0) is 11.5 Å². The van der Waals surface area contributed by atoms with E-state index in [1.807, 2.05) is 11.8 Å². The molecule has 0 atom stereocenters. The van der Waals surface area contributed by atoms with E-state index in [-0.39, 0.29) is 14.9 Å². The summed E-state index contributed by atoms with van der Waals surface area (Å²) >= 11 is 3.25. The van der Waals surface area contributed by atoms with Crippen LogP contribution < -0.4 is 0 Å². The number of aryl methyl sites for hydroxylation is 2. The molecule has 2 aliphatic rings. The van der Waals surface area contributed by atoms with Crippen LogP contribution in [0.3, 0.4) is 0 Å². The molecule has 0 amide bonds. The molecule has 1 heterocycles. The van der Waals surface area contributed by atoms with Crippen LogP contribution in [0.4, 0.5) is 0 Å². The first kappa shape index (κ1) is 28.8. The van der Waals surface area contributed by atoms with Gasteiger partial charge in [-0.1, -0.05) is 69.7 Å². The fourth-order valence-electron chi connectivity index (χ4n) is 3.73. The van der Waals surface area contributed by atoms with E-state index in [2.05, 4.69) is 107 Å². The molecule has 3 aromatic carbocycles. The van der Waals surface area contributed by atoms with Gasteiger partial charge in [0.05, 0.1) is 0 Å². The third-order valence-corrected chi connectivity index (χ3v) is 6.28. The summed E-state index contributed by atoms with van der Waals surface area (Å²) in [6.07, 6.45) is 7.97. The third kappa shape index (κ3) is 6.62. The molecule has 0 bridgehead atoms. The zero-order valence-corrected chi connectivity index (χ0v) is 24.3. The van der Waals surface area contributed by atoms with Crippen LogP contribution in [0.5, 0.6) is 0 Å². The summed E-state index contributed by atoms with van der Waals surface area (Å²) in [5.74, 6) is 1.76. The molecular weight excluding hydrogens is 500 g/mol. The quantitative estimate of drug-likeness (QED) is 0.237. The number of benzene rings is 2. The van der Waals surface area contributed by atoms with E-state index in [0.29, 0.717) is 5.92 Å². The molecule has 0 nitrogen and oxygen atoms in total. The van der Waals surface area contributed by atoms with Crippen molar-refractivity contribution in [1.82, 2.24) is 0 Å². The third-order valence-electron chi connectivity index (χ3n) is 5.32. The van der Waals surface area contributed by atoms with Crippen LogP contribution in [0, 0.1) is 40.7 Å². The Hall–Kier alpha value is -1.28. The molecule has 0 N–H and O–H groups in total. The van der Waals surface area contributed by atoms with Gasteiger partial charge in [0, 0.05) is 5.75 Å². The van der Waals surface area contributed by atoms with Gasteiger partial charge in [0.1, 0.15) is 0 Å². The molecule has 0 fully saturated rings. The van der Waals surface area contributed by atoms with Crippen molar-refractivity contribution in [3.8, 4) is 11.1 Å². The van der Waals surface area contributed by atoms with E-state index < -0.39 is 0 Å². The molecule has 1 aliphatic heterocycles. The summed E-state index contributed by atoms with van der Waals surface area (Å²) in [6.45, 7) is 11.8. The normalized spacial score (nSPS) is 13.3. The average molecular weight is 532 g/mol. The van der Waals surface area contributed by atoms with E-state index in [1.165, 1.54) is 72.4 Å². The molecular formula is C29H32SSiZr-4. The van der Waals surface area contributed by atoms with Crippen molar-refractivity contribution >= 4 is 29.4 Å². The Labute approximate surface area is 216 Å². The first-order valence-corrected chi connectivity index (χ1v) is 15.4. The monoisotopic (exact) mass is 530 g/mol. The van der Waals surface area contributed by atoms with Crippen molar-refractivity contribution in [2.24, 2.45) is 5.92 Å². The summed E-state index contributed by atoms with van der Waals surface area (Å²) in [4.78, 5) is 1.36. The standard InChI is InChI=1S/C17H15.C10H11S.2CH3.Si.Zr/c1-12-10-16-13(2)8-9-15(17(16)11-12)14-6-4-3-5-7-14;1-7(2)9-5-8-3-4-11-10(8)6-9;;;;/h3-11H,1-2H3;3,5,7H,4H2,1-2H3;2*1H3;;/q4*-1;;. The molecule has 0 saturated heterocycles. The van der Waals surface area contributed by atoms with E-state index >= 15 is 0 Å². The predicted molar refractivity (Wildman–Crippen MR) is 143 cm³/mol. The van der Waals surface area contributed by atoms with Gasteiger partial charge in [0.15, 0.2) is 0 Å². The van der Waals surface area contributed by atoms with Crippen molar-refractivity contribution in [3.63, 3.8) is 0 Å². The van der Waals surface area contributed by atoms with E-state index in [0.717, 1.165) is 5.75 Å². The molecule has 1 aliphatic carbocycles. The van der Waals surface area contributed by atoms with Gasteiger partial charge < -0.3 is 14.9 Å². The van der Waals surface area contributed by atoms with Gasteiger partial charge in [-0.15, -0.1) is 45.0 Å². The zero-order chi connectivity index (χ0) is 21.7. The Balaban J connectivity index is 0.000000299. The second-order valence-corrected chi connectivity index (χ2v) is 8.87. The summed E-state index contributed by atoms with van der Waals surface area (Å²) in [5, 5.41) is 2.75. The van der Waals surface area contributed by atoms with Gasteiger partial charge in [-0.2, -0.15) is 35.1 Å². The van der Waals surface area contributed by atoms with Gasteiger partial charge in [-0.25, -0.2) is 6.08 Å². The second-order valence-electron chi connectivity index (χ2n) is 7.84. The minimum absolute atomic E-state index is 0. The predicted octanol–water partition coefficient (Wildman–Crippen LogP) is 8.30. The van der Waals surface area contributed by atoms with Gasteiger partial charge in [-0.3, -0.25) is 0 Å². The summed E-state index contributed by atoms with van der Waals surface area (Å²) in [6, 6.07) is 19.6. The Kier molecular flexibility index (Phi) is 12.1. The van der Waals surface area contributed by atoms with Crippen LogP contribution in [-0.4, -0.2) is 12.6 Å². The fourth-order valence-corrected chi connectivity index (χ4v) is 4.66. The van der Waals surface area contributed by atoms with Crippen LogP contribution in [0.15, 0.2) is 82.8 Å². The zero-order valence-electron chi connectivity index (χ0n) is 20.0. The molecule has 32 heavy (non-hydrogen) atoms. The maximum atomic E-state index is 3.42. The maximum absolute atomic E-state index is 3.42. The number of rotatable bonds is 2. The number of fused-ring (bicyclic) bond motifs is 2. The van der Waals surface area contributed by atoms with Crippen LogP contribution in [0.25, 0.3) is 21.9 Å². The Morgan fingerprint density at radius 2 is 1.72 bits per heavy atom. The van der Waals surface area contributed by atoms with Crippen molar-refractivity contribution in [2.45, 2.75) is 27.7 Å². The SMILES string of the molecule is CC(C)C1=CC2=CCSC2=[C-]1.Cc1cc2c(-c3ccccc3)ccc(C)c2[cH-]1.[CH3-].[CH3-].[Si]=[Zr]. The van der Waals surface area contributed by atoms with Crippen molar-refractivity contribution < 1.29 is 23.3 Å². The molecule has 3 aromatic rings. The van der Waals surface area contributed by atoms with Crippen molar-refractivity contribution in [1.29, 1.82) is 0 Å². The summed E-state index contributed by atoms with van der Waals surface area (Å²) in [5.41, 5.74) is 8.08. The minimum atomic E-state index is 0. The van der Waals surface area contributed by atoms with Crippen LogP contribution in [0.2, 0.25) is 0 Å². The van der Waals surface area contributed by atoms with Crippen LogP contribution >= 0.6 is 11.8 Å². The summed E-state index contributed by atoms with van der Waals surface area (Å²) < 4.78 is 0. The molecule has 0 saturated carbocycles. The second kappa shape index (κ2) is 13.4. The fraction of sp³-hybridized carbons (Fsp3) is 0.207. The summed E-state index contributed by atoms with van der Waals surface area (Å²) in [7, 11) is 0. The topological polar surface area (TPSA) is 0 Å².